The molecule has 4 heteroatoms. The number of nitrogen functional groups attached to an aromatic ring is 1. The molecule has 2 rings (SSSR count). The van der Waals surface area contributed by atoms with Gasteiger partial charge in [0.05, 0.1) is 5.56 Å². The minimum atomic E-state index is -0.894. The molecular weight excluding hydrogens is 240 g/mol. The number of carbonyl (C=O) groups is 1. The summed E-state index contributed by atoms with van der Waals surface area (Å²) >= 11 is 0. The second kappa shape index (κ2) is 7.89. The molecule has 100 valence electrons. The van der Waals surface area contributed by atoms with E-state index in [-0.39, 0.29) is 0 Å². The summed E-state index contributed by atoms with van der Waals surface area (Å²) in [6.07, 6.45) is 0.792. The molecule has 19 heavy (non-hydrogen) atoms. The molecule has 0 saturated heterocycles. The van der Waals surface area contributed by atoms with Crippen LogP contribution in [0.4, 0.5) is 5.69 Å². The molecule has 5 N–H and O–H groups in total. The Morgan fingerprint density at radius 1 is 1.00 bits per heavy atom. The molecule has 0 aliphatic rings. The number of aromatic carboxylic acids is 1. The van der Waals surface area contributed by atoms with Crippen LogP contribution in [0.1, 0.15) is 15.9 Å². The molecule has 2 aromatic rings. The van der Waals surface area contributed by atoms with Gasteiger partial charge >= 0.3 is 5.97 Å². The summed E-state index contributed by atoms with van der Waals surface area (Å²) in [6, 6.07) is 16.2. The molecule has 0 atom stereocenters. The van der Waals surface area contributed by atoms with E-state index in [4.69, 9.17) is 16.6 Å². The highest BCUT2D eigenvalue weighted by atomic mass is 16.4. The molecule has 0 radical (unpaired) electrons. The number of carboxylic acids is 1. The van der Waals surface area contributed by atoms with E-state index < -0.39 is 5.97 Å². The lowest BCUT2D eigenvalue weighted by Gasteiger charge is -1.98. The fourth-order valence-corrected chi connectivity index (χ4v) is 1.43. The Labute approximate surface area is 112 Å². The van der Waals surface area contributed by atoms with Crippen LogP contribution in [0.5, 0.6) is 0 Å². The number of para-hydroxylation sites is 1. The monoisotopic (exact) mass is 258 g/mol. The molecule has 0 heterocycles. The molecule has 0 aliphatic heterocycles. The van der Waals surface area contributed by atoms with Gasteiger partial charge in [0.1, 0.15) is 0 Å². The van der Waals surface area contributed by atoms with Crippen molar-refractivity contribution >= 4 is 11.7 Å². The predicted octanol–water partition coefficient (Wildman–Crippen LogP) is 2.15. The second-order valence-electron chi connectivity index (χ2n) is 3.95. The first-order valence-corrected chi connectivity index (χ1v) is 5.96. The van der Waals surface area contributed by atoms with E-state index in [2.05, 4.69) is 0 Å². The van der Waals surface area contributed by atoms with E-state index in [1.165, 1.54) is 0 Å². The Bertz CT molecular complexity index is 495. The minimum absolute atomic E-state index is 0.316. The third-order valence-corrected chi connectivity index (χ3v) is 2.43. The van der Waals surface area contributed by atoms with E-state index in [9.17, 15) is 4.79 Å². The molecule has 0 spiro atoms. The van der Waals surface area contributed by atoms with E-state index in [1.807, 2.05) is 30.3 Å². The molecule has 4 nitrogen and oxygen atoms in total. The lowest BCUT2D eigenvalue weighted by atomic mass is 10.1. The maximum atomic E-state index is 10.4. The smallest absolute Gasteiger partial charge is 0.335 e. The first-order valence-electron chi connectivity index (χ1n) is 5.96. The summed E-state index contributed by atoms with van der Waals surface area (Å²) in [5.41, 5.74) is 12.9. The highest BCUT2D eigenvalue weighted by Crippen LogP contribution is 2.04. The Kier molecular flexibility index (Phi) is 6.12. The number of hydrogen-bond donors (Lipinski definition) is 3. The average molecular weight is 258 g/mol. The molecule has 0 aliphatic carbocycles. The van der Waals surface area contributed by atoms with E-state index >= 15 is 0 Å². The van der Waals surface area contributed by atoms with Gasteiger partial charge in [-0.15, -0.1) is 0 Å². The Morgan fingerprint density at radius 3 is 1.95 bits per heavy atom. The average Bonchev–Trinajstić information content (AvgIpc) is 2.41. The van der Waals surface area contributed by atoms with Crippen LogP contribution in [0.3, 0.4) is 0 Å². The summed E-state index contributed by atoms with van der Waals surface area (Å²) in [5, 5.41) is 8.58. The van der Waals surface area contributed by atoms with Crippen molar-refractivity contribution in [1.29, 1.82) is 0 Å². The normalized spacial score (nSPS) is 9.32. The summed E-state index contributed by atoms with van der Waals surface area (Å²) in [7, 11) is 0. The molecule has 0 bridgehead atoms. The highest BCUT2D eigenvalue weighted by molar-refractivity contribution is 5.87. The summed E-state index contributed by atoms with van der Waals surface area (Å²) in [6.45, 7) is 0.590. The van der Waals surface area contributed by atoms with Gasteiger partial charge in [0.25, 0.3) is 0 Å². The Balaban J connectivity index is 0.000000218. The molecular formula is C15H18N2O2. The van der Waals surface area contributed by atoms with Crippen LogP contribution in [0, 0.1) is 0 Å². The number of hydrogen-bond acceptors (Lipinski definition) is 3. The van der Waals surface area contributed by atoms with Gasteiger partial charge in [0.15, 0.2) is 0 Å². The number of anilines is 1. The van der Waals surface area contributed by atoms with Gasteiger partial charge in [0, 0.05) is 5.69 Å². The van der Waals surface area contributed by atoms with E-state index in [0.717, 1.165) is 17.7 Å². The van der Waals surface area contributed by atoms with Crippen molar-refractivity contribution in [2.45, 2.75) is 6.42 Å². The summed E-state index contributed by atoms with van der Waals surface area (Å²) in [5.74, 6) is -0.894. The van der Waals surface area contributed by atoms with Crippen LogP contribution in [0.15, 0.2) is 54.6 Å². The zero-order valence-electron chi connectivity index (χ0n) is 10.6. The summed E-state index contributed by atoms with van der Waals surface area (Å²) in [4.78, 5) is 10.4. The topological polar surface area (TPSA) is 89.3 Å². The molecule has 2 aromatic carbocycles. The first-order chi connectivity index (χ1) is 9.13. The molecule has 0 unspecified atom stereocenters. The number of benzene rings is 2. The molecule has 0 saturated carbocycles. The maximum Gasteiger partial charge on any atom is 0.335 e. The number of rotatable bonds is 3. The zero-order valence-corrected chi connectivity index (χ0v) is 10.6. The summed E-state index contributed by atoms with van der Waals surface area (Å²) < 4.78 is 0. The standard InChI is InChI=1S/C9H11NO2.C6H7N/c10-6-5-7-1-3-8(4-2-7)9(11)12;7-6-4-2-1-3-5-6/h1-4H,5-6,10H2,(H,11,12);1-5H,7H2. The van der Waals surface area contributed by atoms with Gasteiger partial charge in [-0.1, -0.05) is 30.3 Å². The Morgan fingerprint density at radius 2 is 1.58 bits per heavy atom. The number of carboxylic acid groups (broad SMARTS) is 1. The van der Waals surface area contributed by atoms with Gasteiger partial charge in [-0.3, -0.25) is 0 Å². The van der Waals surface area contributed by atoms with Gasteiger partial charge in [-0.2, -0.15) is 0 Å². The second-order valence-corrected chi connectivity index (χ2v) is 3.95. The van der Waals surface area contributed by atoms with Crippen LogP contribution in [0.2, 0.25) is 0 Å². The fourth-order valence-electron chi connectivity index (χ4n) is 1.43. The van der Waals surface area contributed by atoms with Gasteiger partial charge < -0.3 is 16.6 Å². The fraction of sp³-hybridized carbons (Fsp3) is 0.133. The van der Waals surface area contributed by atoms with E-state index in [1.54, 1.807) is 24.3 Å². The van der Waals surface area contributed by atoms with Crippen molar-refractivity contribution in [2.75, 3.05) is 12.3 Å². The largest absolute Gasteiger partial charge is 0.478 e. The van der Waals surface area contributed by atoms with E-state index in [0.29, 0.717) is 12.1 Å². The first kappa shape index (κ1) is 14.7. The van der Waals surface area contributed by atoms with Crippen molar-refractivity contribution in [3.8, 4) is 0 Å². The van der Waals surface area contributed by atoms with Crippen molar-refractivity contribution in [1.82, 2.24) is 0 Å². The maximum absolute atomic E-state index is 10.4. The SMILES string of the molecule is NCCc1ccc(C(=O)O)cc1.Nc1ccccc1. The van der Waals surface area contributed by atoms with Crippen LogP contribution in [-0.4, -0.2) is 17.6 Å². The van der Waals surface area contributed by atoms with Crippen molar-refractivity contribution in [3.63, 3.8) is 0 Å². The van der Waals surface area contributed by atoms with Crippen LogP contribution >= 0.6 is 0 Å². The van der Waals surface area contributed by atoms with Gasteiger partial charge in [-0.25, -0.2) is 4.79 Å². The van der Waals surface area contributed by atoms with Crippen molar-refractivity contribution in [2.24, 2.45) is 5.73 Å². The quantitative estimate of drug-likeness (QED) is 0.736. The van der Waals surface area contributed by atoms with Crippen LogP contribution in [-0.2, 0) is 6.42 Å². The highest BCUT2D eigenvalue weighted by Gasteiger charge is 2.00. The Hall–Kier alpha value is -2.33. The lowest BCUT2D eigenvalue weighted by molar-refractivity contribution is 0.0697. The van der Waals surface area contributed by atoms with Gasteiger partial charge in [-0.05, 0) is 42.8 Å². The predicted molar refractivity (Wildman–Crippen MR) is 77.0 cm³/mol. The number of nitrogens with two attached hydrogens (primary N) is 2. The van der Waals surface area contributed by atoms with Crippen molar-refractivity contribution in [3.05, 3.63) is 65.7 Å². The van der Waals surface area contributed by atoms with Gasteiger partial charge in [0.2, 0.25) is 0 Å². The molecule has 0 fully saturated rings. The molecule has 0 amide bonds. The van der Waals surface area contributed by atoms with Crippen molar-refractivity contribution < 1.29 is 9.90 Å². The third kappa shape index (κ3) is 5.70. The lowest BCUT2D eigenvalue weighted by Crippen LogP contribution is -2.03. The zero-order chi connectivity index (χ0) is 14.1. The third-order valence-electron chi connectivity index (χ3n) is 2.43. The van der Waals surface area contributed by atoms with Crippen LogP contribution in [0.25, 0.3) is 0 Å². The van der Waals surface area contributed by atoms with Crippen LogP contribution < -0.4 is 11.5 Å². The minimum Gasteiger partial charge on any atom is -0.478 e. The molecule has 0 aromatic heterocycles.